The lowest BCUT2D eigenvalue weighted by Crippen LogP contribution is -2.46. The Balaban J connectivity index is 4.52. The van der Waals surface area contributed by atoms with Crippen LogP contribution in [-0.4, -0.2) is 68.5 Å². The Hall–Kier alpha value is -0.500. The number of amides is 1. The Labute approximate surface area is 234 Å². The number of carbonyl (C=O) groups excluding carboxylic acids is 1. The van der Waals surface area contributed by atoms with Crippen molar-refractivity contribution >= 4 is 13.7 Å². The normalized spacial score (nSPS) is 15.2. The summed E-state index contributed by atoms with van der Waals surface area (Å²) in [4.78, 5) is 24.7. The summed E-state index contributed by atoms with van der Waals surface area (Å²) in [5.74, 6) is -0.181. The Morgan fingerprint density at radius 1 is 0.816 bits per heavy atom. The van der Waals surface area contributed by atoms with Crippen molar-refractivity contribution in [1.29, 1.82) is 0 Å². The van der Waals surface area contributed by atoms with Crippen LogP contribution in [0, 0.1) is 0 Å². The van der Waals surface area contributed by atoms with E-state index in [2.05, 4.69) is 19.2 Å². The number of aliphatic hydroxyl groups is 1. The zero-order chi connectivity index (χ0) is 28.7. The minimum Gasteiger partial charge on any atom is -0.756 e. The van der Waals surface area contributed by atoms with Crippen LogP contribution >= 0.6 is 7.82 Å². The molecule has 0 saturated heterocycles. The number of rotatable bonds is 27. The minimum absolute atomic E-state index is 0.0142. The highest BCUT2D eigenvalue weighted by atomic mass is 31.2. The smallest absolute Gasteiger partial charge is 0.268 e. The molecule has 228 valence electrons. The molecular formula is C29H61N2O6P. The number of aliphatic hydroxyl groups excluding tert-OH is 1. The van der Waals surface area contributed by atoms with Crippen LogP contribution in [0.2, 0.25) is 0 Å². The number of nitrogens with one attached hydrogen (secondary N) is 1. The van der Waals surface area contributed by atoms with Crippen molar-refractivity contribution in [2.45, 2.75) is 142 Å². The molecule has 0 saturated carbocycles. The number of hydrogen-bond donors (Lipinski definition) is 2. The van der Waals surface area contributed by atoms with Crippen LogP contribution in [0.15, 0.2) is 0 Å². The van der Waals surface area contributed by atoms with E-state index in [0.717, 1.165) is 51.4 Å². The molecule has 1 amide bonds. The number of quaternary nitrogens is 1. The molecule has 38 heavy (non-hydrogen) atoms. The molecule has 0 heterocycles. The number of unbranched alkanes of at least 4 members (excludes halogenated alkanes) is 14. The van der Waals surface area contributed by atoms with Gasteiger partial charge in [-0.3, -0.25) is 9.36 Å². The molecule has 0 aromatic carbocycles. The van der Waals surface area contributed by atoms with Gasteiger partial charge >= 0.3 is 0 Å². The molecule has 0 radical (unpaired) electrons. The van der Waals surface area contributed by atoms with Crippen molar-refractivity contribution in [3.05, 3.63) is 0 Å². The van der Waals surface area contributed by atoms with Gasteiger partial charge in [-0.05, 0) is 12.8 Å². The van der Waals surface area contributed by atoms with Gasteiger partial charge in [-0.2, -0.15) is 0 Å². The van der Waals surface area contributed by atoms with E-state index in [9.17, 15) is 19.4 Å². The molecule has 0 fully saturated rings. The monoisotopic (exact) mass is 564 g/mol. The maximum atomic E-state index is 12.5. The zero-order valence-corrected chi connectivity index (χ0v) is 26.3. The molecular weight excluding hydrogens is 503 g/mol. The lowest BCUT2D eigenvalue weighted by Gasteiger charge is -2.30. The topological polar surface area (TPSA) is 108 Å². The standard InChI is InChI=1S/C29H61N2O6P/c1-6-8-10-12-13-14-15-16-17-19-20-22-28(32)27(30-29(33)23-21-18-11-9-7-2)26-37-38(34,35)36-25-24-31(3,4)5/h27-28,32H,6-26H2,1-5H3,(H-,30,33,34,35). The number of phosphoric acid groups is 1. The predicted molar refractivity (Wildman–Crippen MR) is 155 cm³/mol. The second kappa shape index (κ2) is 23.2. The second-order valence-electron chi connectivity index (χ2n) is 11.8. The van der Waals surface area contributed by atoms with Crippen molar-refractivity contribution in [2.75, 3.05) is 40.9 Å². The van der Waals surface area contributed by atoms with Gasteiger partial charge < -0.3 is 28.8 Å². The largest absolute Gasteiger partial charge is 0.756 e. The molecule has 0 bridgehead atoms. The van der Waals surface area contributed by atoms with E-state index in [0.29, 0.717) is 23.9 Å². The van der Waals surface area contributed by atoms with Crippen LogP contribution in [-0.2, 0) is 18.4 Å². The quantitative estimate of drug-likeness (QED) is 0.0709. The first-order chi connectivity index (χ1) is 18.0. The highest BCUT2D eigenvalue weighted by molar-refractivity contribution is 7.45. The Morgan fingerprint density at radius 2 is 1.29 bits per heavy atom. The van der Waals surface area contributed by atoms with Crippen LogP contribution in [0.5, 0.6) is 0 Å². The van der Waals surface area contributed by atoms with Gasteiger partial charge in [0.2, 0.25) is 5.91 Å². The molecule has 0 aliphatic rings. The highest BCUT2D eigenvalue weighted by Gasteiger charge is 2.24. The summed E-state index contributed by atoms with van der Waals surface area (Å²) >= 11 is 0. The Morgan fingerprint density at radius 3 is 1.79 bits per heavy atom. The number of nitrogens with zero attached hydrogens (tertiary/aromatic N) is 1. The van der Waals surface area contributed by atoms with E-state index in [1.807, 2.05) is 21.1 Å². The fraction of sp³-hybridized carbons (Fsp3) is 0.966. The third kappa shape index (κ3) is 24.5. The average molecular weight is 565 g/mol. The van der Waals surface area contributed by atoms with Gasteiger partial charge in [0, 0.05) is 6.42 Å². The summed E-state index contributed by atoms with van der Waals surface area (Å²) in [5.41, 5.74) is 0. The van der Waals surface area contributed by atoms with Crippen LogP contribution in [0.3, 0.4) is 0 Å². The van der Waals surface area contributed by atoms with Gasteiger partial charge in [-0.25, -0.2) is 0 Å². The fourth-order valence-corrected chi connectivity index (χ4v) is 4.99. The van der Waals surface area contributed by atoms with Gasteiger partial charge in [0.25, 0.3) is 7.82 Å². The first-order valence-corrected chi connectivity index (χ1v) is 16.8. The van der Waals surface area contributed by atoms with E-state index in [1.54, 1.807) is 0 Å². The average Bonchev–Trinajstić information content (AvgIpc) is 2.83. The highest BCUT2D eigenvalue weighted by Crippen LogP contribution is 2.38. The molecule has 3 atom stereocenters. The summed E-state index contributed by atoms with van der Waals surface area (Å²) in [6.45, 7) is 4.58. The third-order valence-electron chi connectivity index (χ3n) is 6.85. The fourth-order valence-electron chi connectivity index (χ4n) is 4.27. The molecule has 0 aromatic rings. The van der Waals surface area contributed by atoms with Crippen molar-refractivity contribution < 1.29 is 32.9 Å². The van der Waals surface area contributed by atoms with E-state index in [1.165, 1.54) is 51.4 Å². The van der Waals surface area contributed by atoms with Crippen LogP contribution < -0.4 is 10.2 Å². The number of carbonyl (C=O) groups is 1. The van der Waals surface area contributed by atoms with Crippen molar-refractivity contribution in [3.63, 3.8) is 0 Å². The van der Waals surface area contributed by atoms with Crippen molar-refractivity contribution in [1.82, 2.24) is 5.32 Å². The maximum absolute atomic E-state index is 12.5. The van der Waals surface area contributed by atoms with E-state index in [4.69, 9.17) is 9.05 Å². The van der Waals surface area contributed by atoms with Gasteiger partial charge in [0.15, 0.2) is 0 Å². The minimum atomic E-state index is -4.53. The van der Waals surface area contributed by atoms with Gasteiger partial charge in [-0.15, -0.1) is 0 Å². The molecule has 2 N–H and O–H groups in total. The van der Waals surface area contributed by atoms with E-state index in [-0.39, 0.29) is 19.1 Å². The summed E-state index contributed by atoms with van der Waals surface area (Å²) in [6, 6.07) is -0.787. The van der Waals surface area contributed by atoms with E-state index < -0.39 is 20.0 Å². The number of phosphoric ester groups is 1. The summed E-state index contributed by atoms with van der Waals surface area (Å²) < 4.78 is 22.9. The van der Waals surface area contributed by atoms with Gasteiger partial charge in [-0.1, -0.05) is 110 Å². The first kappa shape index (κ1) is 37.5. The number of hydrogen-bond acceptors (Lipinski definition) is 6. The third-order valence-corrected chi connectivity index (χ3v) is 7.81. The van der Waals surface area contributed by atoms with E-state index >= 15 is 0 Å². The SMILES string of the molecule is CCCCCCCCCCCCCC(O)C(COP(=O)([O-])OCC[N+](C)(C)C)NC(=O)CCCCCCC. The molecule has 8 nitrogen and oxygen atoms in total. The van der Waals surface area contributed by atoms with Gasteiger partial charge in [0.05, 0.1) is 39.9 Å². The zero-order valence-electron chi connectivity index (χ0n) is 25.4. The van der Waals surface area contributed by atoms with Crippen LogP contribution in [0.1, 0.15) is 129 Å². The van der Waals surface area contributed by atoms with Crippen molar-refractivity contribution in [3.8, 4) is 0 Å². The van der Waals surface area contributed by atoms with Gasteiger partial charge in [0.1, 0.15) is 13.2 Å². The van der Waals surface area contributed by atoms with Crippen LogP contribution in [0.4, 0.5) is 0 Å². The summed E-state index contributed by atoms with van der Waals surface area (Å²) in [5, 5.41) is 13.6. The molecule has 0 aromatic heterocycles. The molecule has 0 aliphatic carbocycles. The Kier molecular flexibility index (Phi) is 22.9. The summed E-state index contributed by atoms with van der Waals surface area (Å²) in [7, 11) is 1.30. The molecule has 3 unspecified atom stereocenters. The van der Waals surface area contributed by atoms with Crippen molar-refractivity contribution in [2.24, 2.45) is 0 Å². The lowest BCUT2D eigenvalue weighted by atomic mass is 10.0. The maximum Gasteiger partial charge on any atom is 0.268 e. The second-order valence-corrected chi connectivity index (χ2v) is 13.2. The molecule has 9 heteroatoms. The molecule has 0 rings (SSSR count). The number of likely N-dealkylation sites (N-methyl/N-ethyl adjacent to an activating group) is 1. The predicted octanol–water partition coefficient (Wildman–Crippen LogP) is 6.10. The Bertz CT molecular complexity index is 614. The first-order valence-electron chi connectivity index (χ1n) is 15.4. The molecule has 0 spiro atoms. The summed E-state index contributed by atoms with van der Waals surface area (Å²) in [6.07, 6.45) is 18.5. The molecule has 0 aliphatic heterocycles. The lowest BCUT2D eigenvalue weighted by molar-refractivity contribution is -0.870. The van der Waals surface area contributed by atoms with Crippen LogP contribution in [0.25, 0.3) is 0 Å².